The first-order valence-electron chi connectivity index (χ1n) is 8.12. The van der Waals surface area contributed by atoms with Gasteiger partial charge in [-0.2, -0.15) is 0 Å². The molecule has 0 unspecified atom stereocenters. The highest BCUT2D eigenvalue weighted by atomic mass is 15.2. The molecule has 0 aliphatic heterocycles. The van der Waals surface area contributed by atoms with Gasteiger partial charge < -0.3 is 4.90 Å². The van der Waals surface area contributed by atoms with Crippen LogP contribution in [0.5, 0.6) is 0 Å². The zero-order chi connectivity index (χ0) is 17.2. The fourth-order valence-electron chi connectivity index (χ4n) is 1.93. The quantitative estimate of drug-likeness (QED) is 0.656. The molecule has 4 heteroatoms. The summed E-state index contributed by atoms with van der Waals surface area (Å²) >= 11 is 0. The first-order chi connectivity index (χ1) is 11.2. The summed E-state index contributed by atoms with van der Waals surface area (Å²) in [5.74, 6) is 1.65. The molecule has 0 saturated carbocycles. The predicted molar refractivity (Wildman–Crippen MR) is 99.3 cm³/mol. The number of rotatable bonds is 2. The van der Waals surface area contributed by atoms with E-state index in [1.165, 1.54) is 5.56 Å². The van der Waals surface area contributed by atoms with Crippen LogP contribution in [0.3, 0.4) is 0 Å². The third kappa shape index (κ3) is 4.74. The lowest BCUT2D eigenvalue weighted by atomic mass is 10.3. The van der Waals surface area contributed by atoms with Crippen molar-refractivity contribution in [2.45, 2.75) is 34.6 Å². The molecular formula is C19H26N4. The van der Waals surface area contributed by atoms with E-state index < -0.39 is 0 Å². The number of hydrogen-bond acceptors (Lipinski definition) is 4. The van der Waals surface area contributed by atoms with E-state index in [2.05, 4.69) is 15.0 Å². The standard InChI is InChI=1S/C15H14N4.2C2H6/c1-11-7-8-16-14(9-11)19(2)15-10-17-12-5-3-4-6-13(12)18-15;2*1-2/h3-10H,1-2H3;2*1-2H3. The normalized spacial score (nSPS) is 9.30. The van der Waals surface area contributed by atoms with Crippen molar-refractivity contribution in [1.29, 1.82) is 0 Å². The molecule has 2 heterocycles. The minimum Gasteiger partial charge on any atom is -0.313 e. The summed E-state index contributed by atoms with van der Waals surface area (Å²) in [4.78, 5) is 15.3. The Bertz CT molecular complexity index is 725. The second-order valence-corrected chi connectivity index (χ2v) is 4.47. The topological polar surface area (TPSA) is 41.9 Å². The van der Waals surface area contributed by atoms with Crippen molar-refractivity contribution in [2.24, 2.45) is 0 Å². The number of aryl methyl sites for hydroxylation is 1. The van der Waals surface area contributed by atoms with Gasteiger partial charge in [0.1, 0.15) is 5.82 Å². The average Bonchev–Trinajstić information content (AvgIpc) is 2.64. The minimum absolute atomic E-state index is 0.789. The van der Waals surface area contributed by atoms with E-state index >= 15 is 0 Å². The van der Waals surface area contributed by atoms with Crippen LogP contribution < -0.4 is 4.90 Å². The predicted octanol–water partition coefficient (Wildman–Crippen LogP) is 5.15. The highest BCUT2D eigenvalue weighted by Gasteiger charge is 2.08. The Hall–Kier alpha value is -2.49. The van der Waals surface area contributed by atoms with Crippen LogP contribution in [0.1, 0.15) is 33.3 Å². The lowest BCUT2D eigenvalue weighted by molar-refractivity contribution is 1.07. The van der Waals surface area contributed by atoms with E-state index in [1.807, 2.05) is 83.0 Å². The molecular weight excluding hydrogens is 284 g/mol. The second-order valence-electron chi connectivity index (χ2n) is 4.47. The van der Waals surface area contributed by atoms with Gasteiger partial charge in [0.15, 0.2) is 5.82 Å². The molecule has 2 aromatic heterocycles. The van der Waals surface area contributed by atoms with E-state index in [9.17, 15) is 0 Å². The number of benzene rings is 1. The zero-order valence-corrected chi connectivity index (χ0v) is 14.9. The maximum atomic E-state index is 4.60. The van der Waals surface area contributed by atoms with Gasteiger partial charge in [0, 0.05) is 13.2 Å². The van der Waals surface area contributed by atoms with Crippen molar-refractivity contribution in [2.75, 3.05) is 11.9 Å². The summed E-state index contributed by atoms with van der Waals surface area (Å²) in [6, 6.07) is 11.8. The van der Waals surface area contributed by atoms with Crippen LogP contribution in [0.4, 0.5) is 11.6 Å². The van der Waals surface area contributed by atoms with Crippen LogP contribution in [-0.2, 0) is 0 Å². The van der Waals surface area contributed by atoms with Crippen molar-refractivity contribution in [1.82, 2.24) is 15.0 Å². The molecule has 0 aliphatic carbocycles. The maximum Gasteiger partial charge on any atom is 0.153 e. The van der Waals surface area contributed by atoms with Gasteiger partial charge in [-0.15, -0.1) is 0 Å². The van der Waals surface area contributed by atoms with Crippen LogP contribution in [0.15, 0.2) is 48.8 Å². The molecule has 0 aliphatic rings. The number of hydrogen-bond donors (Lipinski definition) is 0. The Morgan fingerprint density at radius 2 is 1.48 bits per heavy atom. The van der Waals surface area contributed by atoms with Gasteiger partial charge in [-0.05, 0) is 36.8 Å². The van der Waals surface area contributed by atoms with Gasteiger partial charge in [0.2, 0.25) is 0 Å². The Balaban J connectivity index is 0.000000615. The summed E-state index contributed by atoms with van der Waals surface area (Å²) in [5, 5.41) is 0. The molecule has 3 rings (SSSR count). The van der Waals surface area contributed by atoms with Crippen molar-refractivity contribution >= 4 is 22.7 Å². The number of para-hydroxylation sites is 2. The molecule has 0 fully saturated rings. The molecule has 0 bridgehead atoms. The van der Waals surface area contributed by atoms with E-state index in [0.29, 0.717) is 0 Å². The molecule has 0 saturated heterocycles. The third-order valence-corrected chi connectivity index (χ3v) is 3.02. The largest absolute Gasteiger partial charge is 0.313 e. The highest BCUT2D eigenvalue weighted by Crippen LogP contribution is 2.21. The average molecular weight is 310 g/mol. The van der Waals surface area contributed by atoms with Crippen molar-refractivity contribution in [3.63, 3.8) is 0 Å². The van der Waals surface area contributed by atoms with Gasteiger partial charge in [-0.1, -0.05) is 39.8 Å². The molecule has 0 atom stereocenters. The molecule has 23 heavy (non-hydrogen) atoms. The third-order valence-electron chi connectivity index (χ3n) is 3.02. The summed E-state index contributed by atoms with van der Waals surface area (Å²) < 4.78 is 0. The summed E-state index contributed by atoms with van der Waals surface area (Å²) in [6.07, 6.45) is 3.57. The van der Waals surface area contributed by atoms with Crippen LogP contribution in [0, 0.1) is 6.92 Å². The molecule has 0 spiro atoms. The second kappa shape index (κ2) is 9.51. The zero-order valence-electron chi connectivity index (χ0n) is 14.9. The summed E-state index contributed by atoms with van der Waals surface area (Å²) in [7, 11) is 1.94. The van der Waals surface area contributed by atoms with Gasteiger partial charge in [0.25, 0.3) is 0 Å². The molecule has 1 aromatic carbocycles. The number of nitrogens with zero attached hydrogens (tertiary/aromatic N) is 4. The lowest BCUT2D eigenvalue weighted by Gasteiger charge is -2.17. The molecule has 0 amide bonds. The SMILES string of the molecule is CC.CC.Cc1ccnc(N(C)c2cnc3ccccc3n2)c1. The molecule has 4 nitrogen and oxygen atoms in total. The summed E-state index contributed by atoms with van der Waals surface area (Å²) in [5.41, 5.74) is 2.96. The van der Waals surface area contributed by atoms with Crippen LogP contribution in [0.2, 0.25) is 0 Å². The fraction of sp³-hybridized carbons (Fsp3) is 0.316. The number of anilines is 2. The number of pyridine rings is 1. The smallest absolute Gasteiger partial charge is 0.153 e. The Kier molecular flexibility index (Phi) is 7.67. The molecule has 3 aromatic rings. The molecule has 0 N–H and O–H groups in total. The minimum atomic E-state index is 0.789. The molecule has 122 valence electrons. The van der Waals surface area contributed by atoms with Crippen molar-refractivity contribution in [3.05, 3.63) is 54.4 Å². The van der Waals surface area contributed by atoms with Gasteiger partial charge in [0.05, 0.1) is 17.2 Å². The van der Waals surface area contributed by atoms with Gasteiger partial charge in [-0.25, -0.2) is 9.97 Å². The van der Waals surface area contributed by atoms with Crippen LogP contribution >= 0.6 is 0 Å². The number of aromatic nitrogens is 3. The van der Waals surface area contributed by atoms with Crippen molar-refractivity contribution in [3.8, 4) is 0 Å². The Morgan fingerprint density at radius 1 is 0.826 bits per heavy atom. The molecule has 0 radical (unpaired) electrons. The van der Waals surface area contributed by atoms with Crippen molar-refractivity contribution < 1.29 is 0 Å². The lowest BCUT2D eigenvalue weighted by Crippen LogP contribution is -2.13. The maximum absolute atomic E-state index is 4.60. The van der Waals surface area contributed by atoms with E-state index in [4.69, 9.17) is 0 Å². The van der Waals surface area contributed by atoms with E-state index in [0.717, 1.165) is 22.7 Å². The van der Waals surface area contributed by atoms with E-state index in [-0.39, 0.29) is 0 Å². The first kappa shape index (κ1) is 18.6. The summed E-state index contributed by atoms with van der Waals surface area (Å²) in [6.45, 7) is 10.0. The fourth-order valence-corrected chi connectivity index (χ4v) is 1.93. The van der Waals surface area contributed by atoms with Gasteiger partial charge >= 0.3 is 0 Å². The Morgan fingerprint density at radius 3 is 2.13 bits per heavy atom. The monoisotopic (exact) mass is 310 g/mol. The number of fused-ring (bicyclic) bond motifs is 1. The van der Waals surface area contributed by atoms with Crippen LogP contribution in [-0.4, -0.2) is 22.0 Å². The van der Waals surface area contributed by atoms with E-state index in [1.54, 1.807) is 12.4 Å². The first-order valence-corrected chi connectivity index (χ1v) is 8.12. The highest BCUT2D eigenvalue weighted by molar-refractivity contribution is 5.76. The van der Waals surface area contributed by atoms with Gasteiger partial charge in [-0.3, -0.25) is 4.98 Å². The van der Waals surface area contributed by atoms with Crippen LogP contribution in [0.25, 0.3) is 11.0 Å². The Labute approximate surface area is 139 Å².